The molecule has 0 saturated heterocycles. The Bertz CT molecular complexity index is 1700. The molecule has 8 heteroatoms. The van der Waals surface area contributed by atoms with Crippen LogP contribution >= 0.6 is 15.9 Å². The number of nitrogens with one attached hydrogen (secondary N) is 1. The highest BCUT2D eigenvalue weighted by Crippen LogP contribution is 2.35. The SMILES string of the molecule is COc1cc(Br)cc(C=Nn2c(=O)[nH]c3ccccc3c2=O)c1OCc1cccc2ccccc12. The molecule has 35 heavy (non-hydrogen) atoms. The number of nitrogens with zero attached hydrogens (tertiary/aromatic N) is 2. The zero-order valence-electron chi connectivity index (χ0n) is 18.7. The van der Waals surface area contributed by atoms with Crippen molar-refractivity contribution in [2.24, 2.45) is 5.10 Å². The van der Waals surface area contributed by atoms with Gasteiger partial charge in [-0.2, -0.15) is 5.10 Å². The molecule has 0 fully saturated rings. The molecule has 0 aliphatic carbocycles. The van der Waals surface area contributed by atoms with Crippen molar-refractivity contribution in [2.45, 2.75) is 6.61 Å². The maximum Gasteiger partial charge on any atom is 0.349 e. The van der Waals surface area contributed by atoms with Gasteiger partial charge >= 0.3 is 5.69 Å². The summed E-state index contributed by atoms with van der Waals surface area (Å²) in [4.78, 5) is 28.0. The van der Waals surface area contributed by atoms with Gasteiger partial charge in [0.2, 0.25) is 0 Å². The van der Waals surface area contributed by atoms with E-state index in [2.05, 4.69) is 38.1 Å². The van der Waals surface area contributed by atoms with Crippen molar-refractivity contribution < 1.29 is 9.47 Å². The Kier molecular flexibility index (Phi) is 6.20. The van der Waals surface area contributed by atoms with Crippen LogP contribution in [0, 0.1) is 0 Å². The molecule has 0 spiro atoms. The summed E-state index contributed by atoms with van der Waals surface area (Å²) in [6.45, 7) is 0.288. The maximum atomic E-state index is 12.8. The number of methoxy groups -OCH3 is 1. The number of para-hydroxylation sites is 1. The highest BCUT2D eigenvalue weighted by molar-refractivity contribution is 9.10. The standard InChI is InChI=1S/C27H20BrN3O4/c1-34-24-14-20(28)13-19(15-29-31-26(32)22-11-4-5-12-23(22)30-27(31)33)25(24)35-16-18-9-6-8-17-7-2-3-10-21(17)18/h2-15H,16H2,1H3,(H,30,33). The van der Waals surface area contributed by atoms with Crippen molar-refractivity contribution in [2.75, 3.05) is 7.11 Å². The summed E-state index contributed by atoms with van der Waals surface area (Å²) in [5.41, 5.74) is 0.858. The Balaban J connectivity index is 1.55. The van der Waals surface area contributed by atoms with Gasteiger partial charge in [0.1, 0.15) is 6.61 Å². The summed E-state index contributed by atoms with van der Waals surface area (Å²) in [7, 11) is 1.55. The molecule has 5 aromatic rings. The predicted octanol–water partition coefficient (Wildman–Crippen LogP) is 5.08. The van der Waals surface area contributed by atoms with Gasteiger partial charge in [0.15, 0.2) is 11.5 Å². The molecule has 1 N–H and O–H groups in total. The van der Waals surface area contributed by atoms with Gasteiger partial charge in [-0.1, -0.05) is 70.5 Å². The van der Waals surface area contributed by atoms with Crippen molar-refractivity contribution in [3.8, 4) is 11.5 Å². The zero-order valence-corrected chi connectivity index (χ0v) is 20.3. The molecule has 174 valence electrons. The van der Waals surface area contributed by atoms with E-state index in [4.69, 9.17) is 9.47 Å². The minimum atomic E-state index is -0.634. The molecule has 0 radical (unpaired) electrons. The van der Waals surface area contributed by atoms with Gasteiger partial charge in [0.05, 0.1) is 24.2 Å². The van der Waals surface area contributed by atoms with Gasteiger partial charge in [0.25, 0.3) is 5.56 Å². The van der Waals surface area contributed by atoms with Crippen molar-refractivity contribution in [3.05, 3.63) is 115 Å². The molecular formula is C27H20BrN3O4. The van der Waals surface area contributed by atoms with E-state index >= 15 is 0 Å². The second kappa shape index (κ2) is 9.60. The largest absolute Gasteiger partial charge is 0.493 e. The molecule has 1 aromatic heterocycles. The number of H-pyrrole nitrogens is 1. The normalized spacial score (nSPS) is 11.4. The predicted molar refractivity (Wildman–Crippen MR) is 141 cm³/mol. The Morgan fingerprint density at radius 1 is 0.971 bits per heavy atom. The van der Waals surface area contributed by atoms with E-state index in [0.29, 0.717) is 28.0 Å². The van der Waals surface area contributed by atoms with Gasteiger partial charge in [-0.15, -0.1) is 4.68 Å². The van der Waals surface area contributed by atoms with Crippen molar-refractivity contribution in [3.63, 3.8) is 0 Å². The van der Waals surface area contributed by atoms with Crippen LogP contribution in [0.25, 0.3) is 21.7 Å². The van der Waals surface area contributed by atoms with E-state index in [1.807, 2.05) is 30.3 Å². The molecule has 0 aliphatic rings. The summed E-state index contributed by atoms with van der Waals surface area (Å²) in [6.07, 6.45) is 1.41. The molecule has 0 saturated carbocycles. The van der Waals surface area contributed by atoms with Crippen LogP contribution < -0.4 is 20.7 Å². The van der Waals surface area contributed by atoms with E-state index in [1.54, 1.807) is 43.5 Å². The van der Waals surface area contributed by atoms with Crippen molar-refractivity contribution >= 4 is 43.8 Å². The maximum absolute atomic E-state index is 12.8. The van der Waals surface area contributed by atoms with E-state index in [0.717, 1.165) is 25.5 Å². The summed E-state index contributed by atoms with van der Waals surface area (Å²) >= 11 is 3.47. The average Bonchev–Trinajstić information content (AvgIpc) is 2.87. The van der Waals surface area contributed by atoms with Gasteiger partial charge in [-0.3, -0.25) is 4.79 Å². The summed E-state index contributed by atoms with van der Waals surface area (Å²) < 4.78 is 13.3. The minimum Gasteiger partial charge on any atom is -0.493 e. The number of aromatic nitrogens is 2. The number of rotatable bonds is 6. The van der Waals surface area contributed by atoms with E-state index in [1.165, 1.54) is 6.21 Å². The number of fused-ring (bicyclic) bond motifs is 2. The lowest BCUT2D eigenvalue weighted by atomic mass is 10.1. The third-order valence-corrected chi connectivity index (χ3v) is 6.07. The fraction of sp³-hybridized carbons (Fsp3) is 0.0741. The van der Waals surface area contributed by atoms with Crippen LogP contribution in [0.4, 0.5) is 0 Å². The number of halogens is 1. The molecule has 0 unspecified atom stereocenters. The lowest BCUT2D eigenvalue weighted by molar-refractivity contribution is 0.285. The Labute approximate surface area is 208 Å². The highest BCUT2D eigenvalue weighted by Gasteiger charge is 2.14. The molecule has 0 atom stereocenters. The first-order valence-electron chi connectivity index (χ1n) is 10.8. The number of hydrogen-bond donors (Lipinski definition) is 1. The van der Waals surface area contributed by atoms with Gasteiger partial charge in [-0.25, -0.2) is 4.79 Å². The van der Waals surface area contributed by atoms with Crippen molar-refractivity contribution in [1.82, 2.24) is 9.66 Å². The van der Waals surface area contributed by atoms with Crippen LogP contribution in [0.5, 0.6) is 11.5 Å². The summed E-state index contributed by atoms with van der Waals surface area (Å²) in [5, 5.41) is 6.76. The van der Waals surface area contributed by atoms with Crippen LogP contribution in [0.15, 0.2) is 98.0 Å². The Hall–Kier alpha value is -4.17. The molecule has 5 rings (SSSR count). The molecule has 1 heterocycles. The van der Waals surface area contributed by atoms with E-state index < -0.39 is 11.2 Å². The zero-order chi connectivity index (χ0) is 24.4. The Morgan fingerprint density at radius 2 is 1.71 bits per heavy atom. The molecular weight excluding hydrogens is 510 g/mol. The quantitative estimate of drug-likeness (QED) is 0.311. The summed E-state index contributed by atoms with van der Waals surface area (Å²) in [5.74, 6) is 0.929. The smallest absolute Gasteiger partial charge is 0.349 e. The van der Waals surface area contributed by atoms with Gasteiger partial charge in [0, 0.05) is 10.0 Å². The lowest BCUT2D eigenvalue weighted by Crippen LogP contribution is -2.32. The lowest BCUT2D eigenvalue weighted by Gasteiger charge is -2.15. The number of hydrogen-bond acceptors (Lipinski definition) is 5. The van der Waals surface area contributed by atoms with Gasteiger partial charge in [-0.05, 0) is 40.6 Å². The van der Waals surface area contributed by atoms with Gasteiger partial charge < -0.3 is 14.5 Å². The third kappa shape index (κ3) is 4.48. The van der Waals surface area contributed by atoms with E-state index in [9.17, 15) is 9.59 Å². The number of ether oxygens (including phenoxy) is 2. The Morgan fingerprint density at radius 3 is 2.54 bits per heavy atom. The van der Waals surface area contributed by atoms with Crippen LogP contribution in [0.1, 0.15) is 11.1 Å². The first-order chi connectivity index (χ1) is 17.0. The average molecular weight is 530 g/mol. The molecule has 7 nitrogen and oxygen atoms in total. The molecule has 0 aliphatic heterocycles. The second-order valence-electron chi connectivity index (χ2n) is 7.79. The number of benzene rings is 4. The van der Waals surface area contributed by atoms with Crippen LogP contribution in [-0.4, -0.2) is 23.0 Å². The van der Waals surface area contributed by atoms with Crippen molar-refractivity contribution in [1.29, 1.82) is 0 Å². The number of aromatic amines is 1. The monoisotopic (exact) mass is 529 g/mol. The molecule has 4 aromatic carbocycles. The second-order valence-corrected chi connectivity index (χ2v) is 8.71. The summed E-state index contributed by atoms with van der Waals surface area (Å²) in [6, 6.07) is 24.5. The minimum absolute atomic E-state index is 0.288. The molecule has 0 bridgehead atoms. The van der Waals surface area contributed by atoms with Crippen LogP contribution in [-0.2, 0) is 6.61 Å². The van der Waals surface area contributed by atoms with Crippen LogP contribution in [0.2, 0.25) is 0 Å². The molecule has 0 amide bonds. The third-order valence-electron chi connectivity index (χ3n) is 5.62. The first kappa shape index (κ1) is 22.6. The fourth-order valence-electron chi connectivity index (χ4n) is 3.94. The fourth-order valence-corrected chi connectivity index (χ4v) is 4.39. The van der Waals surface area contributed by atoms with E-state index in [-0.39, 0.29) is 6.61 Å². The van der Waals surface area contributed by atoms with Crippen LogP contribution in [0.3, 0.4) is 0 Å². The first-order valence-corrected chi connectivity index (χ1v) is 11.6. The highest BCUT2D eigenvalue weighted by atomic mass is 79.9. The topological polar surface area (TPSA) is 85.7 Å².